The zero-order chi connectivity index (χ0) is 10.1. The highest BCUT2D eigenvalue weighted by Gasteiger charge is 1.97. The van der Waals surface area contributed by atoms with Crippen molar-refractivity contribution in [3.8, 4) is 0 Å². The maximum atomic E-state index is 10.8. The van der Waals surface area contributed by atoms with Crippen LogP contribution in [0.15, 0.2) is 12.2 Å². The van der Waals surface area contributed by atoms with Gasteiger partial charge in [0.25, 0.3) is 0 Å². The van der Waals surface area contributed by atoms with Crippen LogP contribution >= 0.6 is 0 Å². The van der Waals surface area contributed by atoms with E-state index in [0.717, 1.165) is 18.8 Å². The van der Waals surface area contributed by atoms with Crippen LogP contribution in [0.4, 0.5) is 0 Å². The van der Waals surface area contributed by atoms with Gasteiger partial charge in [-0.15, -0.1) is 0 Å². The molecule has 0 fully saturated rings. The normalized spacial score (nSPS) is 11.1. The second kappa shape index (κ2) is 7.84. The fourth-order valence-corrected chi connectivity index (χ4v) is 1.01. The lowest BCUT2D eigenvalue weighted by atomic mass is 10.1. The average Bonchev–Trinajstić information content (AvgIpc) is 2.03. The maximum absolute atomic E-state index is 10.8. The third-order valence-corrected chi connectivity index (χ3v) is 1.72. The summed E-state index contributed by atoms with van der Waals surface area (Å²) >= 11 is 0. The van der Waals surface area contributed by atoms with Crippen molar-refractivity contribution in [1.82, 2.24) is 0 Å². The summed E-state index contributed by atoms with van der Waals surface area (Å²) in [5.74, 6) is 0.512. The zero-order valence-electron chi connectivity index (χ0n) is 8.88. The van der Waals surface area contributed by atoms with E-state index in [0.29, 0.717) is 6.61 Å². The highest BCUT2D eigenvalue weighted by Crippen LogP contribution is 2.05. The van der Waals surface area contributed by atoms with E-state index in [1.807, 2.05) is 0 Å². The van der Waals surface area contributed by atoms with Crippen molar-refractivity contribution in [2.24, 2.45) is 5.92 Å². The molecule has 0 atom stereocenters. The molecule has 0 amide bonds. The Kier molecular flexibility index (Phi) is 7.36. The molecular weight excluding hydrogens is 164 g/mol. The Labute approximate surface area is 81.0 Å². The molecule has 2 heteroatoms. The smallest absolute Gasteiger partial charge is 0.330 e. The van der Waals surface area contributed by atoms with Gasteiger partial charge in [0.1, 0.15) is 0 Å². The molecule has 0 N–H and O–H groups in total. The van der Waals surface area contributed by atoms with Crippen LogP contribution < -0.4 is 0 Å². The van der Waals surface area contributed by atoms with Gasteiger partial charge in [-0.2, -0.15) is 0 Å². The summed E-state index contributed by atoms with van der Waals surface area (Å²) in [6.07, 6.45) is 6.46. The molecule has 0 aromatic rings. The number of carbonyl (C=O) groups is 1. The van der Waals surface area contributed by atoms with Crippen molar-refractivity contribution in [2.75, 3.05) is 6.61 Å². The molecule has 0 saturated heterocycles. The number of esters is 1. The van der Waals surface area contributed by atoms with E-state index in [9.17, 15) is 4.79 Å². The van der Waals surface area contributed by atoms with Crippen LogP contribution in [0.2, 0.25) is 0 Å². The van der Waals surface area contributed by atoms with Crippen LogP contribution in [0.3, 0.4) is 0 Å². The van der Waals surface area contributed by atoms with Gasteiger partial charge in [0.15, 0.2) is 0 Å². The SMILES string of the molecule is C/C=C/C(=O)OCCCCC(C)C. The molecule has 0 aliphatic heterocycles. The first kappa shape index (κ1) is 12.2. The summed E-state index contributed by atoms with van der Waals surface area (Å²) < 4.78 is 4.94. The number of hydrogen-bond acceptors (Lipinski definition) is 2. The third kappa shape index (κ3) is 9.12. The second-order valence-corrected chi connectivity index (χ2v) is 3.56. The van der Waals surface area contributed by atoms with E-state index in [1.54, 1.807) is 13.0 Å². The number of hydrogen-bond donors (Lipinski definition) is 0. The van der Waals surface area contributed by atoms with Gasteiger partial charge in [-0.05, 0) is 25.7 Å². The first-order chi connectivity index (χ1) is 6.16. The third-order valence-electron chi connectivity index (χ3n) is 1.72. The van der Waals surface area contributed by atoms with E-state index < -0.39 is 0 Å². The highest BCUT2D eigenvalue weighted by atomic mass is 16.5. The van der Waals surface area contributed by atoms with Crippen molar-refractivity contribution in [3.63, 3.8) is 0 Å². The van der Waals surface area contributed by atoms with Gasteiger partial charge in [0.2, 0.25) is 0 Å². The quantitative estimate of drug-likeness (QED) is 0.360. The molecule has 0 radical (unpaired) electrons. The fourth-order valence-electron chi connectivity index (χ4n) is 1.01. The van der Waals surface area contributed by atoms with Gasteiger partial charge >= 0.3 is 5.97 Å². The van der Waals surface area contributed by atoms with E-state index in [1.165, 1.54) is 12.5 Å². The average molecular weight is 184 g/mol. The van der Waals surface area contributed by atoms with Gasteiger partial charge in [-0.25, -0.2) is 4.79 Å². The van der Waals surface area contributed by atoms with E-state index >= 15 is 0 Å². The summed E-state index contributed by atoms with van der Waals surface area (Å²) in [6.45, 7) is 6.76. The van der Waals surface area contributed by atoms with Crippen LogP contribution in [-0.4, -0.2) is 12.6 Å². The summed E-state index contributed by atoms with van der Waals surface area (Å²) in [5.41, 5.74) is 0. The first-order valence-electron chi connectivity index (χ1n) is 4.96. The molecule has 0 rings (SSSR count). The molecule has 0 aromatic carbocycles. The highest BCUT2D eigenvalue weighted by molar-refractivity contribution is 5.81. The van der Waals surface area contributed by atoms with Gasteiger partial charge in [0, 0.05) is 6.08 Å². The number of ether oxygens (including phenoxy) is 1. The van der Waals surface area contributed by atoms with Crippen molar-refractivity contribution in [2.45, 2.75) is 40.0 Å². The van der Waals surface area contributed by atoms with E-state index in [2.05, 4.69) is 13.8 Å². The summed E-state index contributed by atoms with van der Waals surface area (Å²) in [7, 11) is 0. The minimum Gasteiger partial charge on any atom is -0.463 e. The fraction of sp³-hybridized carbons (Fsp3) is 0.727. The van der Waals surface area contributed by atoms with Crippen LogP contribution in [0.5, 0.6) is 0 Å². The standard InChI is InChI=1S/C11H20O2/c1-4-7-11(12)13-9-6-5-8-10(2)3/h4,7,10H,5-6,8-9H2,1-3H3/b7-4+. The molecular formula is C11H20O2. The lowest BCUT2D eigenvalue weighted by Crippen LogP contribution is -2.02. The molecule has 0 bridgehead atoms. The van der Waals surface area contributed by atoms with Gasteiger partial charge < -0.3 is 4.74 Å². The van der Waals surface area contributed by atoms with Crippen LogP contribution in [0, 0.1) is 5.92 Å². The molecule has 76 valence electrons. The second-order valence-electron chi connectivity index (χ2n) is 3.56. The Morgan fingerprint density at radius 3 is 2.62 bits per heavy atom. The Bertz CT molecular complexity index is 159. The van der Waals surface area contributed by atoms with Crippen molar-refractivity contribution in [1.29, 1.82) is 0 Å². The van der Waals surface area contributed by atoms with E-state index in [-0.39, 0.29) is 5.97 Å². The largest absolute Gasteiger partial charge is 0.463 e. The molecule has 0 spiro atoms. The number of allylic oxidation sites excluding steroid dienone is 1. The lowest BCUT2D eigenvalue weighted by Gasteiger charge is -2.04. The first-order valence-corrected chi connectivity index (χ1v) is 4.96. The van der Waals surface area contributed by atoms with Crippen LogP contribution in [0.25, 0.3) is 0 Å². The number of rotatable bonds is 6. The molecule has 0 aliphatic carbocycles. The minimum absolute atomic E-state index is 0.230. The molecule has 13 heavy (non-hydrogen) atoms. The molecule has 2 nitrogen and oxygen atoms in total. The Morgan fingerprint density at radius 2 is 2.08 bits per heavy atom. The minimum atomic E-state index is -0.230. The van der Waals surface area contributed by atoms with Crippen molar-refractivity contribution >= 4 is 5.97 Å². The van der Waals surface area contributed by atoms with Crippen LogP contribution in [-0.2, 0) is 9.53 Å². The molecule has 0 heterocycles. The topological polar surface area (TPSA) is 26.3 Å². The summed E-state index contributed by atoms with van der Waals surface area (Å²) in [6, 6.07) is 0. The predicted molar refractivity (Wildman–Crippen MR) is 54.5 cm³/mol. The monoisotopic (exact) mass is 184 g/mol. The van der Waals surface area contributed by atoms with Gasteiger partial charge in [-0.3, -0.25) is 0 Å². The number of unbranched alkanes of at least 4 members (excludes halogenated alkanes) is 1. The summed E-state index contributed by atoms with van der Waals surface area (Å²) in [4.78, 5) is 10.8. The molecule has 0 unspecified atom stereocenters. The van der Waals surface area contributed by atoms with Crippen LogP contribution in [0.1, 0.15) is 40.0 Å². The number of carbonyl (C=O) groups excluding carboxylic acids is 1. The maximum Gasteiger partial charge on any atom is 0.330 e. The summed E-state index contributed by atoms with van der Waals surface area (Å²) in [5, 5.41) is 0. The van der Waals surface area contributed by atoms with E-state index in [4.69, 9.17) is 4.74 Å². The molecule has 0 aliphatic rings. The Balaban J connectivity index is 3.21. The molecule has 0 aromatic heterocycles. The Hall–Kier alpha value is -0.790. The van der Waals surface area contributed by atoms with Gasteiger partial charge in [-0.1, -0.05) is 26.3 Å². The van der Waals surface area contributed by atoms with Crippen molar-refractivity contribution in [3.05, 3.63) is 12.2 Å². The Morgan fingerprint density at radius 1 is 1.38 bits per heavy atom. The van der Waals surface area contributed by atoms with Crippen molar-refractivity contribution < 1.29 is 9.53 Å². The zero-order valence-corrected chi connectivity index (χ0v) is 8.88. The molecule has 0 saturated carbocycles. The predicted octanol–water partition coefficient (Wildman–Crippen LogP) is 2.93. The lowest BCUT2D eigenvalue weighted by molar-refractivity contribution is -0.137. The van der Waals surface area contributed by atoms with Gasteiger partial charge in [0.05, 0.1) is 6.61 Å².